The molecule has 1 saturated heterocycles. The number of nitrogens with zero attached hydrogens (tertiary/aromatic N) is 1. The predicted molar refractivity (Wildman–Crippen MR) is 52.0 cm³/mol. The fraction of sp³-hybridized carbons (Fsp3) is 0.889. The Morgan fingerprint density at radius 2 is 2.08 bits per heavy atom. The Kier molecular flexibility index (Phi) is 3.69. The van der Waals surface area contributed by atoms with Gasteiger partial charge in [0, 0.05) is 18.5 Å². The second-order valence-corrected chi connectivity index (χ2v) is 3.94. The lowest BCUT2D eigenvalue weighted by Crippen LogP contribution is -2.43. The molecule has 76 valence electrons. The van der Waals surface area contributed by atoms with E-state index in [4.69, 9.17) is 11.5 Å². The van der Waals surface area contributed by atoms with Gasteiger partial charge in [0.05, 0.1) is 0 Å². The van der Waals surface area contributed by atoms with Crippen LogP contribution in [0.5, 0.6) is 0 Å². The van der Waals surface area contributed by atoms with Crippen molar-refractivity contribution in [2.24, 2.45) is 17.4 Å². The molecule has 1 heterocycles. The van der Waals surface area contributed by atoms with E-state index < -0.39 is 0 Å². The van der Waals surface area contributed by atoms with Crippen LogP contribution in [0.15, 0.2) is 0 Å². The number of carbonyl (C=O) groups excluding carboxylic acids is 1. The second-order valence-electron chi connectivity index (χ2n) is 3.94. The van der Waals surface area contributed by atoms with Crippen molar-refractivity contribution >= 4 is 5.91 Å². The van der Waals surface area contributed by atoms with Gasteiger partial charge in [-0.25, -0.2) is 0 Å². The molecule has 1 atom stereocenters. The molecule has 0 aliphatic carbocycles. The number of carbonyl (C=O) groups is 1. The predicted octanol–water partition coefficient (Wildman–Crippen LogP) is -0.469. The van der Waals surface area contributed by atoms with E-state index in [1.807, 2.05) is 6.92 Å². The molecule has 0 bridgehead atoms. The van der Waals surface area contributed by atoms with Gasteiger partial charge in [-0.2, -0.15) is 0 Å². The summed E-state index contributed by atoms with van der Waals surface area (Å²) in [5.41, 5.74) is 11.0. The van der Waals surface area contributed by atoms with Crippen LogP contribution < -0.4 is 11.5 Å². The summed E-state index contributed by atoms with van der Waals surface area (Å²) < 4.78 is 0. The summed E-state index contributed by atoms with van der Waals surface area (Å²) in [6, 6.07) is 0.347. The second kappa shape index (κ2) is 4.58. The van der Waals surface area contributed by atoms with E-state index in [9.17, 15) is 4.79 Å². The highest BCUT2D eigenvalue weighted by Crippen LogP contribution is 2.10. The minimum atomic E-state index is -0.213. The first-order valence-corrected chi connectivity index (χ1v) is 4.87. The highest BCUT2D eigenvalue weighted by molar-refractivity contribution is 5.76. The van der Waals surface area contributed by atoms with Gasteiger partial charge >= 0.3 is 0 Å². The van der Waals surface area contributed by atoms with Crippen LogP contribution in [0, 0.1) is 5.92 Å². The number of nitrogens with two attached hydrogens (primary N) is 2. The lowest BCUT2D eigenvalue weighted by Gasteiger charge is -2.31. The molecular weight excluding hydrogens is 166 g/mol. The van der Waals surface area contributed by atoms with E-state index in [0.29, 0.717) is 6.04 Å². The third-order valence-corrected chi connectivity index (χ3v) is 2.65. The van der Waals surface area contributed by atoms with Gasteiger partial charge in [0.2, 0.25) is 5.91 Å². The van der Waals surface area contributed by atoms with Gasteiger partial charge in [0.15, 0.2) is 0 Å². The monoisotopic (exact) mass is 185 g/mol. The number of piperidine rings is 1. The van der Waals surface area contributed by atoms with Crippen molar-refractivity contribution in [3.63, 3.8) is 0 Å². The van der Waals surface area contributed by atoms with E-state index in [1.54, 1.807) is 0 Å². The summed E-state index contributed by atoms with van der Waals surface area (Å²) >= 11 is 0. The standard InChI is InChI=1S/C9H19N3O/c1-7(9(11)13)6-12-4-2-8(10)3-5-12/h7-8H,2-6,10H2,1H3,(H2,11,13). The summed E-state index contributed by atoms with van der Waals surface area (Å²) in [6.45, 7) is 4.65. The van der Waals surface area contributed by atoms with E-state index in [-0.39, 0.29) is 11.8 Å². The van der Waals surface area contributed by atoms with E-state index in [0.717, 1.165) is 32.5 Å². The topological polar surface area (TPSA) is 72.3 Å². The molecule has 13 heavy (non-hydrogen) atoms. The van der Waals surface area contributed by atoms with Crippen molar-refractivity contribution in [1.82, 2.24) is 4.90 Å². The number of hydrogen-bond donors (Lipinski definition) is 2. The van der Waals surface area contributed by atoms with Crippen molar-refractivity contribution in [3.05, 3.63) is 0 Å². The lowest BCUT2D eigenvalue weighted by atomic mass is 10.0. The van der Waals surface area contributed by atoms with Gasteiger partial charge in [-0.3, -0.25) is 4.79 Å². The minimum Gasteiger partial charge on any atom is -0.369 e. The Morgan fingerprint density at radius 1 is 1.54 bits per heavy atom. The molecule has 4 N–H and O–H groups in total. The first-order valence-electron chi connectivity index (χ1n) is 4.87. The zero-order valence-electron chi connectivity index (χ0n) is 8.20. The molecule has 0 spiro atoms. The molecule has 0 aromatic heterocycles. The third-order valence-electron chi connectivity index (χ3n) is 2.65. The maximum absolute atomic E-state index is 10.8. The minimum absolute atomic E-state index is 0.0469. The molecule has 4 heteroatoms. The Hall–Kier alpha value is -0.610. The van der Waals surface area contributed by atoms with Crippen LogP contribution in [0.2, 0.25) is 0 Å². The zero-order valence-corrected chi connectivity index (χ0v) is 8.20. The van der Waals surface area contributed by atoms with Gasteiger partial charge in [0.25, 0.3) is 0 Å². The van der Waals surface area contributed by atoms with Crippen molar-refractivity contribution in [1.29, 1.82) is 0 Å². The normalized spacial score (nSPS) is 22.9. The van der Waals surface area contributed by atoms with E-state index >= 15 is 0 Å². The van der Waals surface area contributed by atoms with Gasteiger partial charge < -0.3 is 16.4 Å². The molecule has 0 radical (unpaired) electrons. The average molecular weight is 185 g/mol. The highest BCUT2D eigenvalue weighted by atomic mass is 16.1. The Bertz CT molecular complexity index is 176. The maximum atomic E-state index is 10.8. The van der Waals surface area contributed by atoms with Gasteiger partial charge in [-0.1, -0.05) is 6.92 Å². The van der Waals surface area contributed by atoms with Gasteiger partial charge in [-0.05, 0) is 25.9 Å². The van der Waals surface area contributed by atoms with Crippen molar-refractivity contribution in [2.45, 2.75) is 25.8 Å². The number of rotatable bonds is 3. The summed E-state index contributed by atoms with van der Waals surface area (Å²) in [5, 5.41) is 0. The number of primary amides is 1. The van der Waals surface area contributed by atoms with Crippen molar-refractivity contribution < 1.29 is 4.79 Å². The Morgan fingerprint density at radius 3 is 2.54 bits per heavy atom. The largest absolute Gasteiger partial charge is 0.369 e. The third kappa shape index (κ3) is 3.32. The lowest BCUT2D eigenvalue weighted by molar-refractivity contribution is -0.121. The SMILES string of the molecule is CC(CN1CCC(N)CC1)C(N)=O. The Balaban J connectivity index is 2.26. The molecule has 4 nitrogen and oxygen atoms in total. The summed E-state index contributed by atoms with van der Waals surface area (Å²) in [5.74, 6) is -0.260. The van der Waals surface area contributed by atoms with E-state index in [1.165, 1.54) is 0 Å². The molecular formula is C9H19N3O. The fourth-order valence-electron chi connectivity index (χ4n) is 1.61. The first kappa shape index (κ1) is 10.5. The highest BCUT2D eigenvalue weighted by Gasteiger charge is 2.19. The molecule has 1 fully saturated rings. The summed E-state index contributed by atoms with van der Waals surface area (Å²) in [6.07, 6.45) is 2.07. The first-order chi connectivity index (χ1) is 6.09. The van der Waals surface area contributed by atoms with Crippen LogP contribution in [0.1, 0.15) is 19.8 Å². The van der Waals surface area contributed by atoms with Gasteiger partial charge in [-0.15, -0.1) is 0 Å². The Labute approximate surface area is 79.3 Å². The van der Waals surface area contributed by atoms with Crippen LogP contribution in [-0.4, -0.2) is 36.5 Å². The van der Waals surface area contributed by atoms with E-state index in [2.05, 4.69) is 4.90 Å². The molecule has 1 rings (SSSR count). The van der Waals surface area contributed by atoms with Crippen LogP contribution in [-0.2, 0) is 4.79 Å². The maximum Gasteiger partial charge on any atom is 0.221 e. The molecule has 0 aromatic rings. The van der Waals surface area contributed by atoms with Crippen LogP contribution in [0.25, 0.3) is 0 Å². The van der Waals surface area contributed by atoms with Crippen molar-refractivity contribution in [2.75, 3.05) is 19.6 Å². The fourth-order valence-corrected chi connectivity index (χ4v) is 1.61. The molecule has 0 aromatic carbocycles. The molecule has 1 amide bonds. The van der Waals surface area contributed by atoms with Crippen LogP contribution >= 0.6 is 0 Å². The van der Waals surface area contributed by atoms with Crippen LogP contribution in [0.3, 0.4) is 0 Å². The smallest absolute Gasteiger partial charge is 0.221 e. The molecule has 0 saturated carbocycles. The average Bonchev–Trinajstić information content (AvgIpc) is 2.08. The number of amides is 1. The van der Waals surface area contributed by atoms with Crippen molar-refractivity contribution in [3.8, 4) is 0 Å². The molecule has 1 aliphatic rings. The summed E-state index contributed by atoms with van der Waals surface area (Å²) in [4.78, 5) is 13.1. The number of hydrogen-bond acceptors (Lipinski definition) is 3. The zero-order chi connectivity index (χ0) is 9.84. The number of likely N-dealkylation sites (tertiary alicyclic amines) is 1. The quantitative estimate of drug-likeness (QED) is 0.624. The molecule has 1 aliphatic heterocycles. The van der Waals surface area contributed by atoms with Crippen LogP contribution in [0.4, 0.5) is 0 Å². The van der Waals surface area contributed by atoms with Gasteiger partial charge in [0.1, 0.15) is 0 Å². The molecule has 1 unspecified atom stereocenters. The summed E-state index contributed by atoms with van der Waals surface area (Å²) in [7, 11) is 0.